The van der Waals surface area contributed by atoms with E-state index < -0.39 is 0 Å². The van der Waals surface area contributed by atoms with Gasteiger partial charge in [0.1, 0.15) is 17.2 Å². The van der Waals surface area contributed by atoms with Crippen LogP contribution in [0.1, 0.15) is 38.3 Å². The first-order valence-electron chi connectivity index (χ1n) is 6.71. The largest absolute Gasteiger partial charge is 0.486 e. The van der Waals surface area contributed by atoms with E-state index >= 15 is 0 Å². The Balaban J connectivity index is 1.94. The summed E-state index contributed by atoms with van der Waals surface area (Å²) in [7, 11) is 0. The third-order valence-electron chi connectivity index (χ3n) is 3.95. The normalized spacial score (nSPS) is 32.7. The number of hydrogen-bond acceptors (Lipinski definition) is 3. The maximum Gasteiger partial charge on any atom is 0.125 e. The van der Waals surface area contributed by atoms with Gasteiger partial charge in [-0.05, 0) is 35.8 Å². The van der Waals surface area contributed by atoms with Crippen molar-refractivity contribution < 1.29 is 9.13 Å². The van der Waals surface area contributed by atoms with Gasteiger partial charge >= 0.3 is 0 Å². The molecule has 2 N–H and O–H groups in total. The van der Waals surface area contributed by atoms with Crippen LogP contribution in [0.2, 0.25) is 0 Å². The number of hydrogen-bond donors (Lipinski definition) is 1. The highest BCUT2D eigenvalue weighted by Crippen LogP contribution is 2.48. The smallest absolute Gasteiger partial charge is 0.125 e. The second kappa shape index (κ2) is 4.38. The van der Waals surface area contributed by atoms with Crippen LogP contribution < -0.4 is 10.5 Å². The number of thioether (sulfide) groups is 1. The Bertz CT molecular complexity index is 505. The molecule has 1 spiro atoms. The van der Waals surface area contributed by atoms with E-state index in [4.69, 9.17) is 10.5 Å². The van der Waals surface area contributed by atoms with E-state index in [0.717, 1.165) is 35.7 Å². The summed E-state index contributed by atoms with van der Waals surface area (Å²) in [5.41, 5.74) is 7.14. The molecule has 0 radical (unpaired) electrons. The molecule has 0 aliphatic carbocycles. The van der Waals surface area contributed by atoms with Crippen molar-refractivity contribution >= 4 is 11.8 Å². The molecule has 0 amide bonds. The molecule has 0 bridgehead atoms. The van der Waals surface area contributed by atoms with Crippen molar-refractivity contribution in [2.24, 2.45) is 11.1 Å². The van der Waals surface area contributed by atoms with Crippen LogP contribution in [-0.2, 0) is 0 Å². The van der Waals surface area contributed by atoms with Gasteiger partial charge in [-0.25, -0.2) is 4.39 Å². The van der Waals surface area contributed by atoms with Gasteiger partial charge in [0.2, 0.25) is 0 Å². The minimum Gasteiger partial charge on any atom is -0.486 e. The maximum absolute atomic E-state index is 13.3. The molecule has 2 aliphatic heterocycles. The van der Waals surface area contributed by atoms with Gasteiger partial charge in [-0.2, -0.15) is 11.8 Å². The van der Waals surface area contributed by atoms with Crippen LogP contribution in [0, 0.1) is 11.2 Å². The minimum absolute atomic E-state index is 0.131. The van der Waals surface area contributed by atoms with Crippen LogP contribution in [0.5, 0.6) is 5.75 Å². The molecular weight excluding hydrogens is 261 g/mol. The van der Waals surface area contributed by atoms with Crippen molar-refractivity contribution in [1.29, 1.82) is 0 Å². The lowest BCUT2D eigenvalue weighted by Gasteiger charge is -2.48. The molecule has 0 aromatic heterocycles. The van der Waals surface area contributed by atoms with Crippen LogP contribution in [0.25, 0.3) is 0 Å². The van der Waals surface area contributed by atoms with Crippen molar-refractivity contribution in [2.45, 2.75) is 38.3 Å². The fourth-order valence-electron chi connectivity index (χ4n) is 3.37. The highest BCUT2D eigenvalue weighted by molar-refractivity contribution is 7.99. The summed E-state index contributed by atoms with van der Waals surface area (Å²) in [5.74, 6) is 2.65. The average molecular weight is 281 g/mol. The van der Waals surface area contributed by atoms with Gasteiger partial charge < -0.3 is 10.5 Å². The van der Waals surface area contributed by atoms with Crippen LogP contribution in [-0.4, -0.2) is 17.1 Å². The summed E-state index contributed by atoms with van der Waals surface area (Å²) in [6, 6.07) is 4.55. The van der Waals surface area contributed by atoms with E-state index in [1.807, 2.05) is 11.8 Å². The standard InChI is InChI=1S/C15H20FNOS/c1-14(2)7-15(9-19-8-14)6-12(17)11-5-10(16)3-4-13(11)18-15/h3-5,12H,6-9,17H2,1-2H3/t12-,15?/m0/s1. The molecular formula is C15H20FNOS. The summed E-state index contributed by atoms with van der Waals surface area (Å²) in [6.45, 7) is 4.55. The average Bonchev–Trinajstić information content (AvgIpc) is 2.29. The van der Waals surface area contributed by atoms with Crippen molar-refractivity contribution in [3.8, 4) is 5.75 Å². The van der Waals surface area contributed by atoms with E-state index in [1.165, 1.54) is 12.1 Å². The zero-order valence-electron chi connectivity index (χ0n) is 11.4. The summed E-state index contributed by atoms with van der Waals surface area (Å²) in [6.07, 6.45) is 1.79. The Kier molecular flexibility index (Phi) is 3.06. The Labute approximate surface area is 117 Å². The monoisotopic (exact) mass is 281 g/mol. The Morgan fingerprint density at radius 2 is 2.16 bits per heavy atom. The zero-order valence-corrected chi connectivity index (χ0v) is 12.2. The van der Waals surface area contributed by atoms with Gasteiger partial charge in [-0.1, -0.05) is 13.8 Å². The second-order valence-electron chi connectivity index (χ2n) is 6.61. The van der Waals surface area contributed by atoms with Gasteiger partial charge in [0.25, 0.3) is 0 Å². The number of ether oxygens (including phenoxy) is 1. The van der Waals surface area contributed by atoms with E-state index in [-0.39, 0.29) is 22.9 Å². The third kappa shape index (κ3) is 2.48. The number of fused-ring (bicyclic) bond motifs is 1. The SMILES string of the molecule is CC1(C)CSCC2(C[C@H](N)c3cc(F)ccc3O2)C1. The number of rotatable bonds is 0. The first-order chi connectivity index (χ1) is 8.89. The molecule has 0 saturated carbocycles. The Morgan fingerprint density at radius 3 is 2.89 bits per heavy atom. The molecule has 19 heavy (non-hydrogen) atoms. The number of halogens is 1. The van der Waals surface area contributed by atoms with Crippen LogP contribution in [0.4, 0.5) is 4.39 Å². The van der Waals surface area contributed by atoms with Crippen LogP contribution in [0.15, 0.2) is 18.2 Å². The van der Waals surface area contributed by atoms with Crippen molar-refractivity contribution in [2.75, 3.05) is 11.5 Å². The molecule has 2 atom stereocenters. The summed E-state index contributed by atoms with van der Waals surface area (Å²) < 4.78 is 19.6. The molecule has 2 nitrogen and oxygen atoms in total. The highest BCUT2D eigenvalue weighted by atomic mass is 32.2. The topological polar surface area (TPSA) is 35.2 Å². The number of nitrogens with two attached hydrogens (primary N) is 1. The lowest BCUT2D eigenvalue weighted by atomic mass is 9.76. The second-order valence-corrected chi connectivity index (χ2v) is 7.60. The van der Waals surface area contributed by atoms with Gasteiger partial charge in [-0.3, -0.25) is 0 Å². The first-order valence-corrected chi connectivity index (χ1v) is 7.87. The fourth-order valence-corrected chi connectivity index (χ4v) is 4.78. The van der Waals surface area contributed by atoms with Crippen LogP contribution in [0.3, 0.4) is 0 Å². The molecule has 3 rings (SSSR count). The van der Waals surface area contributed by atoms with Gasteiger partial charge in [0, 0.05) is 23.8 Å². The molecule has 2 heterocycles. The van der Waals surface area contributed by atoms with E-state index in [2.05, 4.69) is 13.8 Å². The molecule has 1 fully saturated rings. The molecule has 104 valence electrons. The fraction of sp³-hybridized carbons (Fsp3) is 0.600. The predicted octanol–water partition coefficient (Wildman–Crippen LogP) is 3.51. The first kappa shape index (κ1) is 13.3. The van der Waals surface area contributed by atoms with Crippen molar-refractivity contribution in [1.82, 2.24) is 0 Å². The van der Waals surface area contributed by atoms with Crippen molar-refractivity contribution in [3.63, 3.8) is 0 Å². The highest BCUT2D eigenvalue weighted by Gasteiger charge is 2.46. The molecule has 1 aromatic rings. The Hall–Kier alpha value is -0.740. The zero-order chi connectivity index (χ0) is 13.7. The lowest BCUT2D eigenvalue weighted by Crippen LogP contribution is -2.51. The maximum atomic E-state index is 13.3. The van der Waals surface area contributed by atoms with Gasteiger partial charge in [-0.15, -0.1) is 0 Å². The summed E-state index contributed by atoms with van der Waals surface area (Å²) >= 11 is 1.93. The quantitative estimate of drug-likeness (QED) is 0.790. The molecule has 1 saturated heterocycles. The van der Waals surface area contributed by atoms with Crippen molar-refractivity contribution in [3.05, 3.63) is 29.6 Å². The van der Waals surface area contributed by atoms with E-state index in [9.17, 15) is 4.39 Å². The predicted molar refractivity (Wildman–Crippen MR) is 77.0 cm³/mol. The summed E-state index contributed by atoms with van der Waals surface area (Å²) in [5, 5.41) is 0. The third-order valence-corrected chi connectivity index (χ3v) is 5.66. The summed E-state index contributed by atoms with van der Waals surface area (Å²) in [4.78, 5) is 0. The van der Waals surface area contributed by atoms with Gasteiger partial charge in [0.05, 0.1) is 0 Å². The van der Waals surface area contributed by atoms with Crippen LogP contribution >= 0.6 is 11.8 Å². The molecule has 1 unspecified atom stereocenters. The minimum atomic E-state index is -0.243. The number of benzene rings is 1. The van der Waals surface area contributed by atoms with Gasteiger partial charge in [0.15, 0.2) is 0 Å². The van der Waals surface area contributed by atoms with E-state index in [0.29, 0.717) is 0 Å². The Morgan fingerprint density at radius 1 is 1.37 bits per heavy atom. The molecule has 4 heteroatoms. The van der Waals surface area contributed by atoms with E-state index in [1.54, 1.807) is 6.07 Å². The molecule has 2 aliphatic rings. The lowest BCUT2D eigenvalue weighted by molar-refractivity contribution is 0.0165. The molecule has 1 aromatic carbocycles.